The van der Waals surface area contributed by atoms with Gasteiger partial charge in [0.1, 0.15) is 0 Å². The van der Waals surface area contributed by atoms with Crippen LogP contribution in [0.3, 0.4) is 0 Å². The quantitative estimate of drug-likeness (QED) is 0.875. The average Bonchev–Trinajstić information content (AvgIpc) is 3.04. The van der Waals surface area contributed by atoms with E-state index in [4.69, 9.17) is 0 Å². The predicted molar refractivity (Wildman–Crippen MR) is 76.0 cm³/mol. The van der Waals surface area contributed by atoms with Crippen LogP contribution in [0.2, 0.25) is 0 Å². The highest BCUT2D eigenvalue weighted by Crippen LogP contribution is 2.37. The van der Waals surface area contributed by atoms with Crippen molar-refractivity contribution in [3.63, 3.8) is 0 Å². The highest BCUT2D eigenvalue weighted by atomic mass is 16.1. The number of aryl methyl sites for hydroxylation is 1. The largest absolute Gasteiger partial charge is 0.349 e. The van der Waals surface area contributed by atoms with Crippen LogP contribution in [-0.2, 0) is 11.2 Å². The van der Waals surface area contributed by atoms with E-state index in [1.54, 1.807) is 0 Å². The Balaban J connectivity index is 1.53. The fraction of sp³-hybridized carbons (Fsp3) is 0.562. The number of nitrogens with one attached hydrogen (secondary N) is 1. The van der Waals surface area contributed by atoms with Crippen molar-refractivity contribution in [2.45, 2.75) is 38.1 Å². The second kappa shape index (κ2) is 4.97. The molecule has 0 aromatic heterocycles. The molecule has 3 rings (SSSR count). The molecule has 3 nitrogen and oxygen atoms in total. The van der Waals surface area contributed by atoms with Crippen LogP contribution < -0.4 is 5.32 Å². The summed E-state index contributed by atoms with van der Waals surface area (Å²) in [6, 6.07) is 8.20. The number of benzene rings is 1. The minimum Gasteiger partial charge on any atom is -0.349 e. The average molecular weight is 258 g/mol. The topological polar surface area (TPSA) is 32.3 Å². The molecule has 1 aromatic carbocycles. The maximum absolute atomic E-state index is 12.1. The second-order valence-corrected chi connectivity index (χ2v) is 6.12. The van der Waals surface area contributed by atoms with Crippen LogP contribution >= 0.6 is 0 Å². The van der Waals surface area contributed by atoms with Gasteiger partial charge in [0.2, 0.25) is 5.91 Å². The summed E-state index contributed by atoms with van der Waals surface area (Å²) in [6.45, 7) is 5.52. The Morgan fingerprint density at radius 1 is 1.37 bits per heavy atom. The number of nitrogens with zero attached hydrogens (tertiary/aromatic N) is 1. The number of likely N-dealkylation sites (tertiary alicyclic amines) is 1. The summed E-state index contributed by atoms with van der Waals surface area (Å²) in [6.07, 6.45) is 4.10. The molecule has 1 heterocycles. The van der Waals surface area contributed by atoms with E-state index < -0.39 is 0 Å². The first kappa shape index (κ1) is 12.7. The zero-order valence-corrected chi connectivity index (χ0v) is 11.6. The smallest absolute Gasteiger partial charge is 0.224 e. The molecular formula is C16H22N2O. The summed E-state index contributed by atoms with van der Waals surface area (Å²) in [5.74, 6) is 0.170. The normalized spacial score (nSPS) is 20.7. The Hall–Kier alpha value is -1.35. The third-order valence-electron chi connectivity index (χ3n) is 4.18. The van der Waals surface area contributed by atoms with Gasteiger partial charge >= 0.3 is 0 Å². The molecule has 0 bridgehead atoms. The molecule has 2 aliphatic rings. The highest BCUT2D eigenvalue weighted by molar-refractivity contribution is 5.79. The maximum atomic E-state index is 12.1. The molecule has 1 aliphatic heterocycles. The van der Waals surface area contributed by atoms with Gasteiger partial charge in [-0.15, -0.1) is 0 Å². The summed E-state index contributed by atoms with van der Waals surface area (Å²) in [4.78, 5) is 14.6. The monoisotopic (exact) mass is 258 g/mol. The first-order chi connectivity index (χ1) is 9.15. The van der Waals surface area contributed by atoms with Crippen LogP contribution in [0.4, 0.5) is 0 Å². The maximum Gasteiger partial charge on any atom is 0.224 e. The van der Waals surface area contributed by atoms with Gasteiger partial charge in [-0.1, -0.05) is 29.8 Å². The van der Waals surface area contributed by atoms with Crippen molar-refractivity contribution in [3.8, 4) is 0 Å². The molecule has 3 heteroatoms. The minimum absolute atomic E-state index is 0.0985. The van der Waals surface area contributed by atoms with Crippen LogP contribution in [-0.4, -0.2) is 36.0 Å². The molecule has 1 aliphatic carbocycles. The molecule has 1 saturated heterocycles. The van der Waals surface area contributed by atoms with Crippen molar-refractivity contribution in [1.82, 2.24) is 10.2 Å². The fourth-order valence-corrected chi connectivity index (χ4v) is 2.79. The zero-order chi connectivity index (χ0) is 13.3. The summed E-state index contributed by atoms with van der Waals surface area (Å²) < 4.78 is 0. The van der Waals surface area contributed by atoms with E-state index in [2.05, 4.69) is 29.3 Å². The molecule has 1 amide bonds. The van der Waals surface area contributed by atoms with Crippen LogP contribution in [0.5, 0.6) is 0 Å². The Labute approximate surface area is 115 Å². The van der Waals surface area contributed by atoms with E-state index in [1.165, 1.54) is 25.1 Å². The number of amides is 1. The molecule has 1 N–H and O–H groups in total. The first-order valence-electron chi connectivity index (χ1n) is 7.24. The second-order valence-electron chi connectivity index (χ2n) is 6.12. The lowest BCUT2D eigenvalue weighted by atomic mass is 10.1. The van der Waals surface area contributed by atoms with E-state index in [0.717, 1.165) is 24.9 Å². The van der Waals surface area contributed by atoms with Crippen molar-refractivity contribution in [2.75, 3.05) is 19.6 Å². The molecule has 19 heavy (non-hydrogen) atoms. The molecular weight excluding hydrogens is 236 g/mol. The molecule has 0 radical (unpaired) electrons. The third-order valence-corrected chi connectivity index (χ3v) is 4.18. The van der Waals surface area contributed by atoms with Crippen molar-refractivity contribution in [1.29, 1.82) is 0 Å². The Kier molecular flexibility index (Phi) is 3.31. The summed E-state index contributed by atoms with van der Waals surface area (Å²) in [7, 11) is 0. The number of carbonyl (C=O) groups excluding carboxylic acids is 1. The van der Waals surface area contributed by atoms with E-state index in [-0.39, 0.29) is 11.4 Å². The summed E-state index contributed by atoms with van der Waals surface area (Å²) in [5, 5.41) is 3.25. The van der Waals surface area contributed by atoms with Gasteiger partial charge in [-0.25, -0.2) is 0 Å². The van der Waals surface area contributed by atoms with E-state index in [9.17, 15) is 4.79 Å². The molecule has 0 atom stereocenters. The van der Waals surface area contributed by atoms with Gasteiger partial charge < -0.3 is 10.2 Å². The Bertz CT molecular complexity index is 475. The molecule has 0 unspecified atom stereocenters. The molecule has 102 valence electrons. The van der Waals surface area contributed by atoms with Gasteiger partial charge in [0.25, 0.3) is 0 Å². The minimum atomic E-state index is 0.0985. The molecule has 1 aromatic rings. The lowest BCUT2D eigenvalue weighted by Crippen LogP contribution is -2.50. The highest BCUT2D eigenvalue weighted by Gasteiger charge is 2.45. The van der Waals surface area contributed by atoms with Crippen LogP contribution in [0.1, 0.15) is 30.4 Å². The molecule has 2 fully saturated rings. The van der Waals surface area contributed by atoms with Gasteiger partial charge in [0, 0.05) is 6.54 Å². The number of hydrogen-bond donors (Lipinski definition) is 1. The lowest BCUT2D eigenvalue weighted by Gasteiger charge is -2.34. The van der Waals surface area contributed by atoms with Crippen molar-refractivity contribution >= 4 is 5.91 Å². The van der Waals surface area contributed by atoms with E-state index >= 15 is 0 Å². The van der Waals surface area contributed by atoms with Gasteiger partial charge in [0.05, 0.1) is 12.0 Å². The SMILES string of the molecule is Cc1cccc(CC(=O)NC2(CN3CCC3)CC2)c1. The molecule has 0 spiro atoms. The zero-order valence-electron chi connectivity index (χ0n) is 11.6. The van der Waals surface area contributed by atoms with E-state index in [0.29, 0.717) is 6.42 Å². The van der Waals surface area contributed by atoms with Crippen molar-refractivity contribution < 1.29 is 4.79 Å². The Morgan fingerprint density at radius 2 is 2.16 bits per heavy atom. The number of rotatable bonds is 5. The van der Waals surface area contributed by atoms with Crippen LogP contribution in [0.25, 0.3) is 0 Å². The third kappa shape index (κ3) is 3.16. The lowest BCUT2D eigenvalue weighted by molar-refractivity contribution is -0.121. The Morgan fingerprint density at radius 3 is 2.74 bits per heavy atom. The van der Waals surface area contributed by atoms with Gasteiger partial charge in [-0.3, -0.25) is 4.79 Å². The van der Waals surface area contributed by atoms with Gasteiger partial charge in [-0.2, -0.15) is 0 Å². The van der Waals surface area contributed by atoms with Crippen molar-refractivity contribution in [2.24, 2.45) is 0 Å². The van der Waals surface area contributed by atoms with Crippen LogP contribution in [0, 0.1) is 6.92 Å². The van der Waals surface area contributed by atoms with Gasteiger partial charge in [0.15, 0.2) is 0 Å². The fourth-order valence-electron chi connectivity index (χ4n) is 2.79. The summed E-state index contributed by atoms with van der Waals surface area (Å²) >= 11 is 0. The molecule has 1 saturated carbocycles. The summed E-state index contributed by atoms with van der Waals surface area (Å²) in [5.41, 5.74) is 2.42. The van der Waals surface area contributed by atoms with Gasteiger partial charge in [-0.05, 0) is 44.8 Å². The first-order valence-corrected chi connectivity index (χ1v) is 7.24. The number of hydrogen-bond acceptors (Lipinski definition) is 2. The number of carbonyl (C=O) groups is 1. The predicted octanol–water partition coefficient (Wildman–Crippen LogP) is 1.89. The van der Waals surface area contributed by atoms with Crippen LogP contribution in [0.15, 0.2) is 24.3 Å². The standard InChI is InChI=1S/C16H22N2O/c1-13-4-2-5-14(10-13)11-15(19)17-16(6-7-16)12-18-8-3-9-18/h2,4-5,10H,3,6-9,11-12H2,1H3,(H,17,19). The van der Waals surface area contributed by atoms with Crippen molar-refractivity contribution in [3.05, 3.63) is 35.4 Å². The van der Waals surface area contributed by atoms with E-state index in [1.807, 2.05) is 12.1 Å².